The van der Waals surface area contributed by atoms with E-state index in [4.69, 9.17) is 15.2 Å². The third-order valence-electron chi connectivity index (χ3n) is 3.85. The topological polar surface area (TPSA) is 103 Å². The Balaban J connectivity index is 2.18. The van der Waals surface area contributed by atoms with Crippen molar-refractivity contribution in [1.82, 2.24) is 5.32 Å². The number of methoxy groups -OCH3 is 1. The predicted octanol–water partition coefficient (Wildman–Crippen LogP) is 2.67. The van der Waals surface area contributed by atoms with E-state index in [1.54, 1.807) is 42.5 Å². The number of ether oxygens (including phenoxy) is 2. The summed E-state index contributed by atoms with van der Waals surface area (Å²) in [5.41, 5.74) is 6.60. The van der Waals surface area contributed by atoms with Crippen LogP contribution in [0.3, 0.4) is 0 Å². The number of benzene rings is 2. The smallest absolute Gasteiger partial charge is 0.255 e. The van der Waals surface area contributed by atoms with Crippen LogP contribution in [0.5, 0.6) is 11.5 Å². The molecule has 150 valence electrons. The van der Waals surface area contributed by atoms with Gasteiger partial charge >= 0.3 is 0 Å². The van der Waals surface area contributed by atoms with Gasteiger partial charge in [-0.25, -0.2) is 0 Å². The van der Waals surface area contributed by atoms with E-state index in [9.17, 15) is 9.59 Å². The van der Waals surface area contributed by atoms with Crippen LogP contribution >= 0.6 is 0 Å². The van der Waals surface area contributed by atoms with E-state index >= 15 is 0 Å². The van der Waals surface area contributed by atoms with Crippen LogP contribution in [0.15, 0.2) is 42.5 Å². The minimum absolute atomic E-state index is 0.295. The van der Waals surface area contributed by atoms with Crippen LogP contribution in [-0.2, 0) is 0 Å². The first-order valence-corrected chi connectivity index (χ1v) is 9.15. The third-order valence-corrected chi connectivity index (χ3v) is 3.85. The van der Waals surface area contributed by atoms with Crippen LogP contribution in [0.1, 0.15) is 34.6 Å². The molecule has 0 aliphatic carbocycles. The van der Waals surface area contributed by atoms with Crippen LogP contribution in [-0.4, -0.2) is 38.6 Å². The lowest BCUT2D eigenvalue weighted by Gasteiger charge is -2.14. The van der Waals surface area contributed by atoms with Crippen LogP contribution in [0.2, 0.25) is 0 Å². The minimum Gasteiger partial charge on any atom is -0.493 e. The Bertz CT molecular complexity index is 821. The van der Waals surface area contributed by atoms with Gasteiger partial charge in [-0.05, 0) is 36.2 Å². The lowest BCUT2D eigenvalue weighted by atomic mass is 10.1. The lowest BCUT2D eigenvalue weighted by molar-refractivity contribution is 0.0955. The van der Waals surface area contributed by atoms with Gasteiger partial charge < -0.3 is 25.8 Å². The molecule has 28 heavy (non-hydrogen) atoms. The van der Waals surface area contributed by atoms with E-state index in [2.05, 4.69) is 24.5 Å². The third kappa shape index (κ3) is 5.72. The molecule has 0 spiro atoms. The Hall–Kier alpha value is -3.06. The van der Waals surface area contributed by atoms with Gasteiger partial charge in [0.15, 0.2) is 11.5 Å². The van der Waals surface area contributed by atoms with Crippen LogP contribution in [0.25, 0.3) is 0 Å². The number of rotatable bonds is 9. The van der Waals surface area contributed by atoms with Crippen molar-refractivity contribution < 1.29 is 19.1 Å². The fourth-order valence-electron chi connectivity index (χ4n) is 2.45. The Kier molecular flexibility index (Phi) is 7.83. The average Bonchev–Trinajstić information content (AvgIpc) is 2.70. The second-order valence-electron chi connectivity index (χ2n) is 6.61. The van der Waals surface area contributed by atoms with Gasteiger partial charge in [0.25, 0.3) is 11.8 Å². The highest BCUT2D eigenvalue weighted by Crippen LogP contribution is 2.29. The largest absolute Gasteiger partial charge is 0.493 e. The first-order valence-electron chi connectivity index (χ1n) is 9.15. The van der Waals surface area contributed by atoms with Gasteiger partial charge in [-0.3, -0.25) is 9.59 Å². The molecule has 0 heterocycles. The number of hydrogen-bond donors (Lipinski definition) is 3. The monoisotopic (exact) mass is 385 g/mol. The summed E-state index contributed by atoms with van der Waals surface area (Å²) in [5.74, 6) is 0.773. The number of carbonyl (C=O) groups excluding carboxylic acids is 2. The molecule has 4 N–H and O–H groups in total. The molecule has 0 aliphatic rings. The highest BCUT2D eigenvalue weighted by molar-refractivity contribution is 6.09. The molecule has 0 saturated carbocycles. The molecule has 0 bridgehead atoms. The predicted molar refractivity (Wildman–Crippen MR) is 109 cm³/mol. The summed E-state index contributed by atoms with van der Waals surface area (Å²) in [4.78, 5) is 24.9. The van der Waals surface area contributed by atoms with E-state index in [1.807, 2.05) is 0 Å². The van der Waals surface area contributed by atoms with Gasteiger partial charge in [0.05, 0.1) is 25.0 Å². The molecule has 2 aromatic carbocycles. The van der Waals surface area contributed by atoms with Gasteiger partial charge in [0.1, 0.15) is 0 Å². The van der Waals surface area contributed by atoms with Gasteiger partial charge in [-0.1, -0.05) is 26.0 Å². The van der Waals surface area contributed by atoms with Crippen molar-refractivity contribution in [1.29, 1.82) is 0 Å². The molecule has 0 fully saturated rings. The Morgan fingerprint density at radius 3 is 2.50 bits per heavy atom. The van der Waals surface area contributed by atoms with Crippen molar-refractivity contribution in [3.63, 3.8) is 0 Å². The summed E-state index contributed by atoms with van der Waals surface area (Å²) in [6.07, 6.45) is 0. The van der Waals surface area contributed by atoms with Gasteiger partial charge in [0.2, 0.25) is 0 Å². The maximum absolute atomic E-state index is 12.7. The maximum atomic E-state index is 12.7. The SMILES string of the molecule is COc1cc(C(=O)Nc2ccccc2C(=O)NCCN)ccc1OCC(C)C. The van der Waals surface area contributed by atoms with Crippen molar-refractivity contribution in [3.05, 3.63) is 53.6 Å². The molecule has 0 aliphatic heterocycles. The molecule has 0 saturated heterocycles. The zero-order valence-corrected chi connectivity index (χ0v) is 16.5. The Labute approximate surface area is 165 Å². The number of hydrogen-bond acceptors (Lipinski definition) is 5. The van der Waals surface area contributed by atoms with Crippen molar-refractivity contribution in [2.24, 2.45) is 11.7 Å². The normalized spacial score (nSPS) is 10.5. The van der Waals surface area contributed by atoms with E-state index in [-0.39, 0.29) is 11.8 Å². The molecule has 0 unspecified atom stereocenters. The highest BCUT2D eigenvalue weighted by Gasteiger charge is 2.15. The molecule has 7 heteroatoms. The molecule has 0 atom stereocenters. The van der Waals surface area contributed by atoms with Crippen LogP contribution in [0.4, 0.5) is 5.69 Å². The van der Waals surface area contributed by atoms with Crippen LogP contribution < -0.4 is 25.8 Å². The second kappa shape index (κ2) is 10.3. The Morgan fingerprint density at radius 1 is 1.07 bits per heavy atom. The summed E-state index contributed by atoms with van der Waals surface area (Å²) in [5, 5.41) is 5.48. The lowest BCUT2D eigenvalue weighted by Crippen LogP contribution is -2.30. The van der Waals surface area contributed by atoms with Crippen molar-refractivity contribution in [2.75, 3.05) is 32.1 Å². The van der Waals surface area contributed by atoms with Crippen molar-refractivity contribution in [2.45, 2.75) is 13.8 Å². The quantitative estimate of drug-likeness (QED) is 0.616. The molecule has 0 radical (unpaired) electrons. The first-order chi connectivity index (χ1) is 13.5. The van der Waals surface area contributed by atoms with E-state index in [0.29, 0.717) is 53.9 Å². The van der Waals surface area contributed by atoms with Gasteiger partial charge in [-0.15, -0.1) is 0 Å². The minimum atomic E-state index is -0.354. The highest BCUT2D eigenvalue weighted by atomic mass is 16.5. The fourth-order valence-corrected chi connectivity index (χ4v) is 2.45. The molecule has 0 aromatic heterocycles. The van der Waals surface area contributed by atoms with Gasteiger partial charge in [-0.2, -0.15) is 0 Å². The second-order valence-corrected chi connectivity index (χ2v) is 6.61. The molecular formula is C21H27N3O4. The van der Waals surface area contributed by atoms with E-state index < -0.39 is 0 Å². The summed E-state index contributed by atoms with van der Waals surface area (Å²) in [6.45, 7) is 5.35. The first kappa shape index (κ1) is 21.2. The number of nitrogens with two attached hydrogens (primary N) is 1. The fraction of sp³-hybridized carbons (Fsp3) is 0.333. The summed E-state index contributed by atoms with van der Waals surface area (Å²) < 4.78 is 11.1. The van der Waals surface area contributed by atoms with Gasteiger partial charge in [0, 0.05) is 18.7 Å². The number of anilines is 1. The zero-order valence-electron chi connectivity index (χ0n) is 16.5. The number of para-hydroxylation sites is 1. The molecule has 7 nitrogen and oxygen atoms in total. The van der Waals surface area contributed by atoms with E-state index in [1.165, 1.54) is 7.11 Å². The molecule has 2 rings (SSSR count). The zero-order chi connectivity index (χ0) is 20.5. The number of carbonyl (C=O) groups is 2. The number of nitrogens with one attached hydrogen (secondary N) is 2. The maximum Gasteiger partial charge on any atom is 0.255 e. The summed E-state index contributed by atoms with van der Waals surface area (Å²) in [6, 6.07) is 11.8. The van der Waals surface area contributed by atoms with Crippen molar-refractivity contribution in [3.8, 4) is 11.5 Å². The molecular weight excluding hydrogens is 358 g/mol. The van der Waals surface area contributed by atoms with E-state index in [0.717, 1.165) is 0 Å². The average molecular weight is 385 g/mol. The molecule has 2 amide bonds. The Morgan fingerprint density at radius 2 is 1.82 bits per heavy atom. The summed E-state index contributed by atoms with van der Waals surface area (Å²) >= 11 is 0. The molecule has 2 aromatic rings. The summed E-state index contributed by atoms with van der Waals surface area (Å²) in [7, 11) is 1.52. The van der Waals surface area contributed by atoms with Crippen molar-refractivity contribution >= 4 is 17.5 Å². The standard InChI is InChI=1S/C21H27N3O4/c1-14(2)13-28-18-9-8-15(12-19(18)27-3)20(25)24-17-7-5-4-6-16(17)21(26)23-11-10-22/h4-9,12,14H,10-11,13,22H2,1-3H3,(H,23,26)(H,24,25). The number of amides is 2. The van der Waals surface area contributed by atoms with Crippen LogP contribution in [0, 0.1) is 5.92 Å².